The molecule has 0 saturated carbocycles. The van der Waals surface area contributed by atoms with E-state index in [9.17, 15) is 18.0 Å². The molecule has 0 fully saturated rings. The predicted molar refractivity (Wildman–Crippen MR) is 106 cm³/mol. The van der Waals surface area contributed by atoms with E-state index in [0.29, 0.717) is 18.7 Å². The molecule has 0 amide bonds. The Kier molecular flexibility index (Phi) is 4.46. The van der Waals surface area contributed by atoms with Crippen LogP contribution in [0.3, 0.4) is 0 Å². The number of hydrogen-bond acceptors (Lipinski definition) is 5. The molecule has 3 heterocycles. The maximum atomic E-state index is 14.0. The van der Waals surface area contributed by atoms with Crippen molar-refractivity contribution in [1.29, 1.82) is 0 Å². The highest BCUT2D eigenvalue weighted by atomic mass is 19.4. The molecule has 0 unspecified atom stereocenters. The van der Waals surface area contributed by atoms with E-state index in [1.165, 1.54) is 29.2 Å². The molecule has 0 spiro atoms. The van der Waals surface area contributed by atoms with E-state index in [0.717, 1.165) is 0 Å². The van der Waals surface area contributed by atoms with Crippen molar-refractivity contribution in [3.8, 4) is 28.3 Å². The van der Waals surface area contributed by atoms with Crippen LogP contribution in [0, 0.1) is 0 Å². The zero-order valence-corrected chi connectivity index (χ0v) is 16.0. The summed E-state index contributed by atoms with van der Waals surface area (Å²) < 4.78 is 59.6. The lowest BCUT2D eigenvalue weighted by Crippen LogP contribution is -2.16. The molecule has 4 aromatic rings. The molecule has 6 nitrogen and oxygen atoms in total. The molecule has 0 bridgehead atoms. The number of rotatable bonds is 2. The summed E-state index contributed by atoms with van der Waals surface area (Å²) >= 11 is 0. The van der Waals surface area contributed by atoms with Gasteiger partial charge in [-0.3, -0.25) is 4.79 Å². The minimum atomic E-state index is -4.91. The summed E-state index contributed by atoms with van der Waals surface area (Å²) in [5.74, 6) is -1.16. The summed E-state index contributed by atoms with van der Waals surface area (Å²) in [4.78, 5) is 13.2. The molecule has 2 aromatic heterocycles. The van der Waals surface area contributed by atoms with Crippen molar-refractivity contribution in [1.82, 2.24) is 9.78 Å². The SMILES string of the molecule is O=c1c(-c2cnn(-c3ccccc3)c2)c(C(F)(F)F)oc2c3c(ccc12)OCCCO3. The molecule has 1 aliphatic heterocycles. The fourth-order valence-electron chi connectivity index (χ4n) is 3.52. The van der Waals surface area contributed by atoms with Gasteiger partial charge in [-0.1, -0.05) is 18.2 Å². The van der Waals surface area contributed by atoms with Crippen LogP contribution in [0.5, 0.6) is 11.5 Å². The summed E-state index contributed by atoms with van der Waals surface area (Å²) in [6.07, 6.45) is -1.77. The maximum absolute atomic E-state index is 14.0. The Bertz CT molecular complexity index is 1330. The summed E-state index contributed by atoms with van der Waals surface area (Å²) in [5.41, 5.74) is -1.06. The van der Waals surface area contributed by atoms with Gasteiger partial charge in [0.2, 0.25) is 16.9 Å². The fraction of sp³-hybridized carbons (Fsp3) is 0.182. The Morgan fingerprint density at radius 2 is 1.77 bits per heavy atom. The highest BCUT2D eigenvalue weighted by molar-refractivity contribution is 5.89. The van der Waals surface area contributed by atoms with Gasteiger partial charge >= 0.3 is 6.18 Å². The van der Waals surface area contributed by atoms with Crippen molar-refractivity contribution in [2.24, 2.45) is 0 Å². The molecule has 9 heteroatoms. The molecule has 0 N–H and O–H groups in total. The second kappa shape index (κ2) is 7.19. The highest BCUT2D eigenvalue weighted by Gasteiger charge is 2.40. The predicted octanol–water partition coefficient (Wildman–Crippen LogP) is 4.83. The molecule has 31 heavy (non-hydrogen) atoms. The van der Waals surface area contributed by atoms with Gasteiger partial charge in [0.15, 0.2) is 11.3 Å². The number of ether oxygens (including phenoxy) is 2. The van der Waals surface area contributed by atoms with Gasteiger partial charge in [0.25, 0.3) is 0 Å². The summed E-state index contributed by atoms with van der Waals surface area (Å²) in [5, 5.41) is 4.09. The van der Waals surface area contributed by atoms with Gasteiger partial charge < -0.3 is 13.9 Å². The first-order valence-electron chi connectivity index (χ1n) is 9.50. The van der Waals surface area contributed by atoms with E-state index in [4.69, 9.17) is 13.9 Å². The van der Waals surface area contributed by atoms with Crippen molar-refractivity contribution >= 4 is 11.0 Å². The largest absolute Gasteiger partial charge is 0.489 e. The molecule has 5 rings (SSSR count). The molecule has 0 radical (unpaired) electrons. The van der Waals surface area contributed by atoms with Gasteiger partial charge in [-0.15, -0.1) is 0 Å². The van der Waals surface area contributed by atoms with Crippen LogP contribution < -0.4 is 14.9 Å². The molecular formula is C22H15F3N2O4. The lowest BCUT2D eigenvalue weighted by Gasteiger charge is -2.14. The molecule has 158 valence electrons. The minimum absolute atomic E-state index is 0.000982. The average molecular weight is 428 g/mol. The third-order valence-electron chi connectivity index (χ3n) is 4.92. The van der Waals surface area contributed by atoms with E-state index in [1.54, 1.807) is 24.3 Å². The second-order valence-corrected chi connectivity index (χ2v) is 6.96. The normalized spacial score (nSPS) is 13.9. The quantitative estimate of drug-likeness (QED) is 0.458. The van der Waals surface area contributed by atoms with Gasteiger partial charge in [-0.2, -0.15) is 18.3 Å². The first-order chi connectivity index (χ1) is 14.9. The number of benzene rings is 2. The number of halogens is 3. The van der Waals surface area contributed by atoms with Crippen molar-refractivity contribution in [3.05, 3.63) is 70.8 Å². The van der Waals surface area contributed by atoms with Crippen molar-refractivity contribution in [2.45, 2.75) is 12.6 Å². The van der Waals surface area contributed by atoms with Crippen LogP contribution >= 0.6 is 0 Å². The summed E-state index contributed by atoms with van der Waals surface area (Å²) in [6, 6.07) is 11.7. The standard InChI is InChI=1S/C22H15F3N2O4/c23-22(24,25)21-17(13-11-26-27(12-13)14-5-2-1-3-6-14)18(28)15-7-8-16-20(19(15)31-21)30-10-4-9-29-16/h1-3,5-8,11-12H,4,9-10H2. The second-order valence-electron chi connectivity index (χ2n) is 6.96. The van der Waals surface area contributed by atoms with Crippen LogP contribution in [0.2, 0.25) is 0 Å². The Labute approximate surface area is 173 Å². The van der Waals surface area contributed by atoms with Gasteiger partial charge in [0, 0.05) is 18.2 Å². The molecule has 2 aromatic carbocycles. The fourth-order valence-corrected chi connectivity index (χ4v) is 3.52. The monoisotopic (exact) mass is 428 g/mol. The van der Waals surface area contributed by atoms with E-state index >= 15 is 0 Å². The molecule has 0 saturated heterocycles. The van der Waals surface area contributed by atoms with Crippen LogP contribution in [0.1, 0.15) is 12.2 Å². The molecule has 0 aliphatic carbocycles. The van der Waals surface area contributed by atoms with E-state index < -0.39 is 22.9 Å². The van der Waals surface area contributed by atoms with Crippen LogP contribution in [0.25, 0.3) is 27.8 Å². The number of fused-ring (bicyclic) bond motifs is 3. The first-order valence-corrected chi connectivity index (χ1v) is 9.50. The number of nitrogens with zero attached hydrogens (tertiary/aromatic N) is 2. The van der Waals surface area contributed by atoms with Gasteiger partial charge in [-0.05, 0) is 24.3 Å². The lowest BCUT2D eigenvalue weighted by molar-refractivity contribution is -0.152. The topological polar surface area (TPSA) is 66.5 Å². The molecule has 1 aliphatic rings. The van der Waals surface area contributed by atoms with Crippen molar-refractivity contribution in [3.63, 3.8) is 0 Å². The zero-order chi connectivity index (χ0) is 21.6. The number of aromatic nitrogens is 2. The average Bonchev–Trinajstić information content (AvgIpc) is 3.11. The van der Waals surface area contributed by atoms with Gasteiger partial charge in [0.1, 0.15) is 0 Å². The summed E-state index contributed by atoms with van der Waals surface area (Å²) in [7, 11) is 0. The maximum Gasteiger partial charge on any atom is 0.450 e. The van der Waals surface area contributed by atoms with Crippen LogP contribution in [0.15, 0.2) is 64.1 Å². The van der Waals surface area contributed by atoms with E-state index in [2.05, 4.69) is 5.10 Å². The third kappa shape index (κ3) is 3.31. The Balaban J connectivity index is 1.76. The lowest BCUT2D eigenvalue weighted by atomic mass is 10.0. The molecule has 0 atom stereocenters. The Morgan fingerprint density at radius 3 is 2.55 bits per heavy atom. The highest BCUT2D eigenvalue weighted by Crippen LogP contribution is 2.42. The van der Waals surface area contributed by atoms with Gasteiger partial charge in [0.05, 0.1) is 36.0 Å². The van der Waals surface area contributed by atoms with Crippen molar-refractivity contribution < 1.29 is 27.1 Å². The van der Waals surface area contributed by atoms with Crippen LogP contribution in [0.4, 0.5) is 13.2 Å². The van der Waals surface area contributed by atoms with E-state index in [1.807, 2.05) is 6.07 Å². The minimum Gasteiger partial charge on any atom is -0.489 e. The van der Waals surface area contributed by atoms with E-state index in [-0.39, 0.29) is 34.6 Å². The zero-order valence-electron chi connectivity index (χ0n) is 16.0. The van der Waals surface area contributed by atoms with Crippen molar-refractivity contribution in [2.75, 3.05) is 13.2 Å². The van der Waals surface area contributed by atoms with Crippen LogP contribution in [-0.2, 0) is 6.18 Å². The Hall–Kier alpha value is -3.75. The third-order valence-corrected chi connectivity index (χ3v) is 4.92. The smallest absolute Gasteiger partial charge is 0.450 e. The van der Waals surface area contributed by atoms with Crippen LogP contribution in [-0.4, -0.2) is 23.0 Å². The number of hydrogen-bond donors (Lipinski definition) is 0. The number of alkyl halides is 3. The molecular weight excluding hydrogens is 413 g/mol. The first kappa shape index (κ1) is 19.2. The number of para-hydroxylation sites is 1. The summed E-state index contributed by atoms with van der Waals surface area (Å²) in [6.45, 7) is 0.592. The van der Waals surface area contributed by atoms with Gasteiger partial charge in [-0.25, -0.2) is 4.68 Å². The Morgan fingerprint density at radius 1 is 1.00 bits per heavy atom.